The fourth-order valence-electron chi connectivity index (χ4n) is 3.83. The van der Waals surface area contributed by atoms with Gasteiger partial charge in [-0.05, 0) is 45.2 Å². The van der Waals surface area contributed by atoms with Crippen molar-refractivity contribution >= 4 is 53.1 Å². The zero-order valence-corrected chi connectivity index (χ0v) is 20.4. The van der Waals surface area contributed by atoms with E-state index >= 15 is 0 Å². The fraction of sp³-hybridized carbons (Fsp3) is 0.333. The van der Waals surface area contributed by atoms with Crippen molar-refractivity contribution in [1.82, 2.24) is 10.6 Å². The van der Waals surface area contributed by atoms with E-state index in [0.29, 0.717) is 17.1 Å². The van der Waals surface area contributed by atoms with E-state index in [1.54, 1.807) is 69.4 Å². The number of nitrogens with zero attached hydrogens (tertiary/aromatic N) is 2. The fourth-order valence-corrected chi connectivity index (χ4v) is 3.83. The molecule has 0 saturated heterocycles. The highest BCUT2D eigenvalue weighted by molar-refractivity contribution is 6.11. The van der Waals surface area contributed by atoms with E-state index in [2.05, 4.69) is 16.0 Å². The van der Waals surface area contributed by atoms with Crippen LogP contribution in [0, 0.1) is 0 Å². The molecule has 34 heavy (non-hydrogen) atoms. The summed E-state index contributed by atoms with van der Waals surface area (Å²) in [7, 11) is 1.64. The Balaban J connectivity index is 0.00000408. The molecule has 0 saturated carbocycles. The maximum Gasteiger partial charge on any atom is 0.252 e. The molecule has 9 nitrogen and oxygen atoms in total. The lowest BCUT2D eigenvalue weighted by atomic mass is 10.1. The number of carbonyl (C=O) groups is 4. The Morgan fingerprint density at radius 3 is 2.18 bits per heavy atom. The third kappa shape index (κ3) is 5.73. The van der Waals surface area contributed by atoms with Crippen LogP contribution in [0.25, 0.3) is 0 Å². The second kappa shape index (κ2) is 11.6. The van der Waals surface area contributed by atoms with E-state index in [0.717, 1.165) is 0 Å². The third-order valence-corrected chi connectivity index (χ3v) is 5.68. The molecule has 0 fully saturated rings. The Morgan fingerprint density at radius 1 is 1.00 bits per heavy atom. The quantitative estimate of drug-likeness (QED) is 0.576. The number of halogens is 1. The molecule has 1 heterocycles. The van der Waals surface area contributed by atoms with Crippen LogP contribution in [0.4, 0.5) is 17.1 Å². The van der Waals surface area contributed by atoms with E-state index in [9.17, 15) is 19.2 Å². The van der Waals surface area contributed by atoms with Gasteiger partial charge in [-0.3, -0.25) is 24.1 Å². The van der Waals surface area contributed by atoms with Crippen LogP contribution in [-0.4, -0.2) is 55.3 Å². The average molecular weight is 488 g/mol. The Kier molecular flexibility index (Phi) is 9.17. The number of hydrogen-bond donors (Lipinski definition) is 3. The highest BCUT2D eigenvalue weighted by Gasteiger charge is 2.42. The number of benzene rings is 2. The van der Waals surface area contributed by atoms with Gasteiger partial charge in [0.05, 0.1) is 23.5 Å². The summed E-state index contributed by atoms with van der Waals surface area (Å²) in [4.78, 5) is 54.6. The first-order chi connectivity index (χ1) is 15.7. The van der Waals surface area contributed by atoms with Crippen LogP contribution < -0.4 is 25.8 Å². The van der Waals surface area contributed by atoms with Crippen molar-refractivity contribution in [2.45, 2.75) is 38.9 Å². The van der Waals surface area contributed by atoms with Crippen molar-refractivity contribution in [3.05, 3.63) is 54.6 Å². The number of fused-ring (bicyclic) bond motifs is 1. The van der Waals surface area contributed by atoms with Crippen molar-refractivity contribution in [2.24, 2.45) is 0 Å². The SMILES string of the molecule is CNC(C)C(=O)N[C@@H]1C(=O)N(CC(=O)Nc2ccccc2)c2ccccc2N(C(C)=O)[C@H]1C.Cl. The molecule has 3 rings (SSSR count). The molecule has 4 amide bonds. The van der Waals surface area contributed by atoms with Crippen LogP contribution in [-0.2, 0) is 19.2 Å². The van der Waals surface area contributed by atoms with E-state index in [1.165, 1.54) is 16.7 Å². The van der Waals surface area contributed by atoms with Crippen LogP contribution in [0.15, 0.2) is 54.6 Å². The summed E-state index contributed by atoms with van der Waals surface area (Å²) in [6.07, 6.45) is 0. The van der Waals surface area contributed by atoms with E-state index in [4.69, 9.17) is 0 Å². The van der Waals surface area contributed by atoms with Gasteiger partial charge in [-0.25, -0.2) is 0 Å². The first kappa shape index (κ1) is 26.8. The zero-order chi connectivity index (χ0) is 24.1. The molecule has 3 N–H and O–H groups in total. The normalized spacial score (nSPS) is 18.2. The number of nitrogens with one attached hydrogen (secondary N) is 3. The highest BCUT2D eigenvalue weighted by atomic mass is 35.5. The van der Waals surface area contributed by atoms with Gasteiger partial charge in [0.2, 0.25) is 17.7 Å². The van der Waals surface area contributed by atoms with Gasteiger partial charge in [0.25, 0.3) is 5.91 Å². The Bertz CT molecular complexity index is 1050. The summed E-state index contributed by atoms with van der Waals surface area (Å²) >= 11 is 0. The molecule has 1 unspecified atom stereocenters. The molecule has 0 bridgehead atoms. The largest absolute Gasteiger partial charge is 0.341 e. The molecule has 0 spiro atoms. The molecule has 2 aromatic carbocycles. The van der Waals surface area contributed by atoms with Gasteiger partial charge in [-0.15, -0.1) is 12.4 Å². The maximum absolute atomic E-state index is 13.7. The first-order valence-corrected chi connectivity index (χ1v) is 10.8. The number of rotatable bonds is 6. The first-order valence-electron chi connectivity index (χ1n) is 10.8. The maximum atomic E-state index is 13.7. The zero-order valence-electron chi connectivity index (χ0n) is 19.6. The van der Waals surface area contributed by atoms with Crippen LogP contribution in [0.3, 0.4) is 0 Å². The minimum absolute atomic E-state index is 0. The van der Waals surface area contributed by atoms with Gasteiger partial charge in [0.15, 0.2) is 0 Å². The van der Waals surface area contributed by atoms with Gasteiger partial charge >= 0.3 is 0 Å². The lowest BCUT2D eigenvalue weighted by Gasteiger charge is -2.32. The molecular formula is C24H30ClN5O4. The molecule has 10 heteroatoms. The molecule has 1 aliphatic rings. The van der Waals surface area contributed by atoms with Crippen molar-refractivity contribution in [2.75, 3.05) is 28.7 Å². The lowest BCUT2D eigenvalue weighted by molar-refractivity contribution is -0.129. The summed E-state index contributed by atoms with van der Waals surface area (Å²) in [6.45, 7) is 4.50. The summed E-state index contributed by atoms with van der Waals surface area (Å²) in [6, 6.07) is 13.6. The van der Waals surface area contributed by atoms with Crippen LogP contribution in [0.2, 0.25) is 0 Å². The molecule has 182 valence electrons. The second-order valence-corrected chi connectivity index (χ2v) is 7.95. The molecular weight excluding hydrogens is 458 g/mol. The Morgan fingerprint density at radius 2 is 1.59 bits per heavy atom. The summed E-state index contributed by atoms with van der Waals surface area (Å²) < 4.78 is 0. The highest BCUT2D eigenvalue weighted by Crippen LogP contribution is 2.35. The van der Waals surface area contributed by atoms with Crippen molar-refractivity contribution in [3.63, 3.8) is 0 Å². The minimum Gasteiger partial charge on any atom is -0.341 e. The van der Waals surface area contributed by atoms with E-state index < -0.39 is 29.9 Å². The second-order valence-electron chi connectivity index (χ2n) is 7.95. The van der Waals surface area contributed by atoms with E-state index in [-0.39, 0.29) is 30.8 Å². The molecule has 1 aliphatic heterocycles. The topological polar surface area (TPSA) is 111 Å². The smallest absolute Gasteiger partial charge is 0.252 e. The molecule has 0 aromatic heterocycles. The van der Waals surface area contributed by atoms with Gasteiger partial charge < -0.3 is 20.9 Å². The summed E-state index contributed by atoms with van der Waals surface area (Å²) in [5.41, 5.74) is 1.52. The number of carbonyl (C=O) groups excluding carboxylic acids is 4. The summed E-state index contributed by atoms with van der Waals surface area (Å²) in [5.74, 6) is -1.54. The van der Waals surface area contributed by atoms with E-state index in [1.807, 2.05) is 6.07 Å². The predicted molar refractivity (Wildman–Crippen MR) is 134 cm³/mol. The van der Waals surface area contributed by atoms with Crippen LogP contribution in [0.5, 0.6) is 0 Å². The molecule has 0 radical (unpaired) electrons. The molecule has 3 atom stereocenters. The summed E-state index contributed by atoms with van der Waals surface area (Å²) in [5, 5.41) is 8.38. The van der Waals surface area contributed by atoms with Crippen molar-refractivity contribution < 1.29 is 19.2 Å². The minimum atomic E-state index is -1.05. The monoisotopic (exact) mass is 487 g/mol. The Labute approximate surface area is 205 Å². The standard InChI is InChI=1S/C24H29N5O4.ClH/c1-15(25-4)23(32)27-22-16(2)29(17(3)30)20-13-9-8-12-19(20)28(24(22)33)14-21(31)26-18-10-6-5-7-11-18;/h5-13,15-16,22,25H,14H2,1-4H3,(H,26,31)(H,27,32);1H/t15?,16-,22-;/m0./s1. The number of para-hydroxylation sites is 3. The van der Waals surface area contributed by atoms with Gasteiger partial charge in [0, 0.05) is 12.6 Å². The lowest BCUT2D eigenvalue weighted by Crippen LogP contribution is -2.60. The third-order valence-electron chi connectivity index (χ3n) is 5.68. The molecule has 2 aromatic rings. The van der Waals surface area contributed by atoms with Gasteiger partial charge in [-0.2, -0.15) is 0 Å². The van der Waals surface area contributed by atoms with Gasteiger partial charge in [-0.1, -0.05) is 30.3 Å². The van der Waals surface area contributed by atoms with Gasteiger partial charge in [0.1, 0.15) is 12.6 Å². The van der Waals surface area contributed by atoms with Crippen molar-refractivity contribution in [1.29, 1.82) is 0 Å². The average Bonchev–Trinajstić information content (AvgIpc) is 2.88. The number of amides is 4. The number of hydrogen-bond acceptors (Lipinski definition) is 5. The van der Waals surface area contributed by atoms with Crippen LogP contribution in [0.1, 0.15) is 20.8 Å². The predicted octanol–water partition coefficient (Wildman–Crippen LogP) is 1.93. The number of anilines is 3. The molecule has 0 aliphatic carbocycles. The number of likely N-dealkylation sites (N-methyl/N-ethyl adjacent to an activating group) is 1. The van der Waals surface area contributed by atoms with Crippen molar-refractivity contribution in [3.8, 4) is 0 Å². The Hall–Kier alpha value is -3.43. The van der Waals surface area contributed by atoms with Crippen LogP contribution >= 0.6 is 12.4 Å².